The Hall–Kier alpha value is -3.20. The van der Waals surface area contributed by atoms with Crippen LogP contribution in [0.15, 0.2) is 78.9 Å². The molecule has 0 aliphatic carbocycles. The van der Waals surface area contributed by atoms with Crippen molar-refractivity contribution in [2.75, 3.05) is 0 Å². The van der Waals surface area contributed by atoms with Gasteiger partial charge in [-0.1, -0.05) is 66.7 Å². The zero-order valence-electron chi connectivity index (χ0n) is 16.2. The molecule has 1 aliphatic rings. The van der Waals surface area contributed by atoms with E-state index in [4.69, 9.17) is 0 Å². The van der Waals surface area contributed by atoms with Gasteiger partial charge in [0.25, 0.3) is 0 Å². The van der Waals surface area contributed by atoms with Crippen molar-refractivity contribution in [2.45, 2.75) is 19.8 Å². The molecule has 28 heavy (non-hydrogen) atoms. The first-order valence-electron chi connectivity index (χ1n) is 9.96. The Bertz CT molecular complexity index is 1270. The molecule has 0 bridgehead atoms. The topological polar surface area (TPSA) is 9.86 Å². The zero-order chi connectivity index (χ0) is 18.8. The summed E-state index contributed by atoms with van der Waals surface area (Å²) in [5.41, 5.74) is 9.70. The quantitative estimate of drug-likeness (QED) is 0.349. The van der Waals surface area contributed by atoms with Crippen LogP contribution in [0.1, 0.15) is 34.0 Å². The molecule has 2 aromatic heterocycles. The number of rotatable bonds is 1. The van der Waals surface area contributed by atoms with E-state index in [1.807, 2.05) is 0 Å². The molecule has 5 aromatic rings. The number of aryl methyl sites for hydroxylation is 2. The van der Waals surface area contributed by atoms with Gasteiger partial charge in [-0.3, -0.25) is 0 Å². The third-order valence-electron chi connectivity index (χ3n) is 6.51. The number of hydrogen-bond donors (Lipinski definition) is 0. The van der Waals surface area contributed by atoms with Gasteiger partial charge in [-0.15, -0.1) is 0 Å². The first kappa shape index (κ1) is 15.8. The Morgan fingerprint density at radius 1 is 0.607 bits per heavy atom. The summed E-state index contributed by atoms with van der Waals surface area (Å²) in [6.07, 6.45) is 0. The second-order valence-electron chi connectivity index (χ2n) is 7.90. The number of para-hydroxylation sites is 2. The van der Waals surface area contributed by atoms with Crippen molar-refractivity contribution in [3.8, 4) is 0 Å². The maximum absolute atomic E-state index is 2.53. The van der Waals surface area contributed by atoms with Crippen molar-refractivity contribution in [3.05, 3.63) is 107 Å². The number of hydrogen-bond acceptors (Lipinski definition) is 0. The smallest absolute Gasteiger partial charge is 0.365 e. The van der Waals surface area contributed by atoms with Gasteiger partial charge in [0, 0.05) is 33.2 Å². The fraction of sp³-hybridized carbons (Fsp3) is 0.120. The number of nitrogens with zero attached hydrogens (tertiary/aromatic N) is 2. The van der Waals surface area contributed by atoms with Gasteiger partial charge in [0.15, 0.2) is 0 Å². The van der Waals surface area contributed by atoms with E-state index < -0.39 is 0 Å². The van der Waals surface area contributed by atoms with E-state index in [1.54, 1.807) is 0 Å². The SMILES string of the molecule is Cc1c2n(c3ccccc13)Bn1c(c(C)c3ccccc31)C2c1ccccc1. The van der Waals surface area contributed by atoms with Crippen LogP contribution in [0.3, 0.4) is 0 Å². The predicted octanol–water partition coefficient (Wildman–Crippen LogP) is 5.37. The molecule has 0 fully saturated rings. The lowest BCUT2D eigenvalue weighted by atomic mass is 9.84. The Kier molecular flexibility index (Phi) is 3.19. The summed E-state index contributed by atoms with van der Waals surface area (Å²) in [5, 5.41) is 2.73. The normalized spacial score (nSPS) is 13.5. The van der Waals surface area contributed by atoms with Crippen molar-refractivity contribution >= 4 is 29.4 Å². The van der Waals surface area contributed by atoms with Gasteiger partial charge < -0.3 is 8.96 Å². The summed E-state index contributed by atoms with van der Waals surface area (Å²) in [7, 11) is 0.872. The highest BCUT2D eigenvalue weighted by atomic mass is 15.1. The Labute approximate surface area is 165 Å². The molecular weight excluding hydrogens is 339 g/mol. The minimum absolute atomic E-state index is 0.245. The molecule has 0 saturated carbocycles. The molecule has 2 nitrogen and oxygen atoms in total. The van der Waals surface area contributed by atoms with Crippen LogP contribution in [0.2, 0.25) is 0 Å². The highest BCUT2D eigenvalue weighted by molar-refractivity contribution is 6.37. The molecule has 1 aliphatic heterocycles. The molecule has 3 aromatic carbocycles. The van der Waals surface area contributed by atoms with Crippen LogP contribution < -0.4 is 0 Å². The average Bonchev–Trinajstić information content (AvgIpc) is 3.20. The second kappa shape index (κ2) is 5.65. The van der Waals surface area contributed by atoms with E-state index in [-0.39, 0.29) is 5.92 Å². The fourth-order valence-electron chi connectivity index (χ4n) is 5.27. The Balaban J connectivity index is 1.77. The summed E-state index contributed by atoms with van der Waals surface area (Å²) in [6.45, 7) is 4.58. The minimum Gasteiger partial charge on any atom is -0.371 e. The van der Waals surface area contributed by atoms with Crippen molar-refractivity contribution < 1.29 is 0 Å². The lowest BCUT2D eigenvalue weighted by molar-refractivity contribution is 0.806. The van der Waals surface area contributed by atoms with E-state index in [1.165, 1.54) is 49.9 Å². The molecule has 6 rings (SSSR count). The van der Waals surface area contributed by atoms with Crippen LogP contribution in [-0.4, -0.2) is 16.5 Å². The first-order valence-corrected chi connectivity index (χ1v) is 9.96. The fourth-order valence-corrected chi connectivity index (χ4v) is 5.27. The van der Waals surface area contributed by atoms with Crippen LogP contribution in [0.4, 0.5) is 0 Å². The molecule has 0 unspecified atom stereocenters. The standard InChI is InChI=1S/C25H21BN2/c1-16-19-12-6-8-14-21(19)27-24(16)23(18-10-4-3-5-11-18)25-17(2)20-13-7-9-15-22(20)28(25)26-27/h3-15,23,26H,1-2H3. The maximum Gasteiger partial charge on any atom is 0.365 e. The summed E-state index contributed by atoms with van der Waals surface area (Å²) < 4.78 is 5.06. The zero-order valence-corrected chi connectivity index (χ0v) is 16.2. The van der Waals surface area contributed by atoms with Gasteiger partial charge in [-0.2, -0.15) is 0 Å². The highest BCUT2D eigenvalue weighted by Gasteiger charge is 2.34. The van der Waals surface area contributed by atoms with Crippen LogP contribution in [-0.2, 0) is 0 Å². The Morgan fingerprint density at radius 2 is 1.07 bits per heavy atom. The average molecular weight is 360 g/mol. The number of aromatic nitrogens is 2. The lowest BCUT2D eigenvalue weighted by Crippen LogP contribution is -2.30. The van der Waals surface area contributed by atoms with Crippen molar-refractivity contribution in [3.63, 3.8) is 0 Å². The van der Waals surface area contributed by atoms with Gasteiger partial charge in [-0.05, 0) is 42.7 Å². The molecule has 0 spiro atoms. The minimum atomic E-state index is 0.245. The molecule has 3 heteroatoms. The summed E-state index contributed by atoms with van der Waals surface area (Å²) in [6, 6.07) is 28.6. The molecular formula is C25H21BN2. The van der Waals surface area contributed by atoms with E-state index >= 15 is 0 Å². The molecule has 0 saturated heterocycles. The number of fused-ring (bicyclic) bond motifs is 6. The molecule has 0 atom stereocenters. The highest BCUT2D eigenvalue weighted by Crippen LogP contribution is 2.44. The van der Waals surface area contributed by atoms with Gasteiger partial charge in [0.2, 0.25) is 0 Å². The van der Waals surface area contributed by atoms with Crippen LogP contribution in [0.25, 0.3) is 21.8 Å². The maximum atomic E-state index is 2.53. The van der Waals surface area contributed by atoms with Crippen molar-refractivity contribution in [1.82, 2.24) is 8.96 Å². The van der Waals surface area contributed by atoms with E-state index in [0.717, 1.165) is 7.55 Å². The summed E-state index contributed by atoms with van der Waals surface area (Å²) >= 11 is 0. The predicted molar refractivity (Wildman–Crippen MR) is 119 cm³/mol. The monoisotopic (exact) mass is 360 g/mol. The third kappa shape index (κ3) is 1.94. The van der Waals surface area contributed by atoms with Gasteiger partial charge in [0.05, 0.1) is 5.92 Å². The number of benzene rings is 3. The van der Waals surface area contributed by atoms with E-state index in [2.05, 4.69) is 102 Å². The first-order chi connectivity index (χ1) is 13.8. The molecule has 0 N–H and O–H groups in total. The molecule has 0 radical (unpaired) electrons. The molecule has 0 amide bonds. The van der Waals surface area contributed by atoms with Crippen LogP contribution in [0, 0.1) is 13.8 Å². The van der Waals surface area contributed by atoms with Gasteiger partial charge in [0.1, 0.15) is 0 Å². The second-order valence-corrected chi connectivity index (χ2v) is 7.90. The largest absolute Gasteiger partial charge is 0.371 e. The summed E-state index contributed by atoms with van der Waals surface area (Å²) in [4.78, 5) is 0. The third-order valence-corrected chi connectivity index (χ3v) is 6.51. The van der Waals surface area contributed by atoms with E-state index in [0.29, 0.717) is 0 Å². The van der Waals surface area contributed by atoms with Crippen LogP contribution >= 0.6 is 0 Å². The van der Waals surface area contributed by atoms with Gasteiger partial charge >= 0.3 is 7.55 Å². The van der Waals surface area contributed by atoms with Gasteiger partial charge in [-0.25, -0.2) is 0 Å². The van der Waals surface area contributed by atoms with Crippen molar-refractivity contribution in [2.24, 2.45) is 0 Å². The molecule has 3 heterocycles. The van der Waals surface area contributed by atoms with E-state index in [9.17, 15) is 0 Å². The Morgan fingerprint density at radius 3 is 1.61 bits per heavy atom. The summed E-state index contributed by atoms with van der Waals surface area (Å²) in [5.74, 6) is 0.245. The van der Waals surface area contributed by atoms with Crippen LogP contribution in [0.5, 0.6) is 0 Å². The lowest BCUT2D eigenvalue weighted by Gasteiger charge is -2.30. The van der Waals surface area contributed by atoms with Crippen molar-refractivity contribution in [1.29, 1.82) is 0 Å². The molecule has 134 valence electrons.